The van der Waals surface area contributed by atoms with Gasteiger partial charge in [0.2, 0.25) is 0 Å². The van der Waals surface area contributed by atoms with Crippen molar-refractivity contribution in [3.05, 3.63) is 0 Å². The summed E-state index contributed by atoms with van der Waals surface area (Å²) in [6, 6.07) is 0. The van der Waals surface area contributed by atoms with E-state index in [2.05, 4.69) is 0 Å². The minimum absolute atomic E-state index is 0.154. The summed E-state index contributed by atoms with van der Waals surface area (Å²) >= 11 is 0. The molecule has 0 aromatic carbocycles. The fourth-order valence-electron chi connectivity index (χ4n) is 1.34. The summed E-state index contributed by atoms with van der Waals surface area (Å²) in [6.07, 6.45) is -1.79. The van der Waals surface area contributed by atoms with E-state index in [4.69, 9.17) is 5.26 Å². The number of alkyl halides is 3. The number of piperidine rings is 1. The van der Waals surface area contributed by atoms with E-state index >= 15 is 0 Å². The number of halogens is 3. The summed E-state index contributed by atoms with van der Waals surface area (Å²) < 4.78 is 36.3. The van der Waals surface area contributed by atoms with E-state index < -0.39 is 12.1 Å². The SMILES string of the molecule is N#CN1CCCC(C(F)(F)F)C1. The highest BCUT2D eigenvalue weighted by atomic mass is 19.4. The molecule has 0 aromatic heterocycles. The van der Waals surface area contributed by atoms with Crippen molar-refractivity contribution in [2.45, 2.75) is 19.0 Å². The number of likely N-dealkylation sites (tertiary alicyclic amines) is 1. The molecule has 1 unspecified atom stereocenters. The predicted octanol–water partition coefficient (Wildman–Crippen LogP) is 1.74. The van der Waals surface area contributed by atoms with Crippen LogP contribution in [0.25, 0.3) is 0 Å². The molecule has 1 aliphatic heterocycles. The number of hydrogen-bond acceptors (Lipinski definition) is 2. The van der Waals surface area contributed by atoms with Crippen LogP contribution in [0.1, 0.15) is 12.8 Å². The number of hydrogen-bond donors (Lipinski definition) is 0. The third kappa shape index (κ3) is 2.03. The third-order valence-corrected chi connectivity index (χ3v) is 2.03. The molecular weight excluding hydrogens is 169 g/mol. The van der Waals surface area contributed by atoms with Crippen molar-refractivity contribution >= 4 is 0 Å². The van der Waals surface area contributed by atoms with Crippen LogP contribution in [0.2, 0.25) is 0 Å². The van der Waals surface area contributed by atoms with Crippen molar-refractivity contribution in [1.29, 1.82) is 5.26 Å². The average molecular weight is 178 g/mol. The molecule has 0 spiro atoms. The lowest BCUT2D eigenvalue weighted by molar-refractivity contribution is -0.183. The Hall–Kier alpha value is -0.920. The second-order valence-electron chi connectivity index (χ2n) is 2.93. The van der Waals surface area contributed by atoms with E-state index in [9.17, 15) is 13.2 Å². The Balaban J connectivity index is 2.53. The Morgan fingerprint density at radius 1 is 1.42 bits per heavy atom. The van der Waals surface area contributed by atoms with Crippen LogP contribution < -0.4 is 0 Å². The van der Waals surface area contributed by atoms with Gasteiger partial charge in [-0.2, -0.15) is 18.4 Å². The molecule has 0 saturated carbocycles. The Labute approximate surface area is 68.6 Å². The summed E-state index contributed by atoms with van der Waals surface area (Å²) in [5, 5.41) is 8.38. The van der Waals surface area contributed by atoms with Crippen molar-refractivity contribution in [2.75, 3.05) is 13.1 Å². The van der Waals surface area contributed by atoms with Gasteiger partial charge in [0.05, 0.1) is 5.92 Å². The predicted molar refractivity (Wildman–Crippen MR) is 36.0 cm³/mol. The minimum Gasteiger partial charge on any atom is -0.310 e. The Bertz CT molecular complexity index is 194. The van der Waals surface area contributed by atoms with Crippen molar-refractivity contribution in [3.63, 3.8) is 0 Å². The topological polar surface area (TPSA) is 27.0 Å². The zero-order valence-corrected chi connectivity index (χ0v) is 6.43. The molecule has 0 N–H and O–H groups in total. The molecule has 68 valence electrons. The smallest absolute Gasteiger partial charge is 0.310 e. The van der Waals surface area contributed by atoms with E-state index in [1.165, 1.54) is 4.90 Å². The van der Waals surface area contributed by atoms with Gasteiger partial charge in [-0.3, -0.25) is 0 Å². The number of nitrogens with zero attached hydrogens (tertiary/aromatic N) is 2. The first-order valence-corrected chi connectivity index (χ1v) is 3.75. The van der Waals surface area contributed by atoms with Crippen molar-refractivity contribution in [3.8, 4) is 6.19 Å². The third-order valence-electron chi connectivity index (χ3n) is 2.03. The van der Waals surface area contributed by atoms with E-state index in [-0.39, 0.29) is 13.0 Å². The van der Waals surface area contributed by atoms with Gasteiger partial charge in [-0.25, -0.2) is 0 Å². The van der Waals surface area contributed by atoms with Crippen LogP contribution in [0.4, 0.5) is 13.2 Å². The highest BCUT2D eigenvalue weighted by Crippen LogP contribution is 2.32. The zero-order chi connectivity index (χ0) is 9.19. The second-order valence-corrected chi connectivity index (χ2v) is 2.93. The van der Waals surface area contributed by atoms with Gasteiger partial charge < -0.3 is 4.90 Å². The van der Waals surface area contributed by atoms with Gasteiger partial charge in [0.15, 0.2) is 6.19 Å². The molecule has 12 heavy (non-hydrogen) atoms. The number of nitriles is 1. The first-order valence-electron chi connectivity index (χ1n) is 3.75. The van der Waals surface area contributed by atoms with Gasteiger partial charge in [0.25, 0.3) is 0 Å². The molecule has 0 amide bonds. The maximum atomic E-state index is 12.1. The van der Waals surface area contributed by atoms with Crippen LogP contribution >= 0.6 is 0 Å². The van der Waals surface area contributed by atoms with E-state index in [1.807, 2.05) is 0 Å². The highest BCUT2D eigenvalue weighted by molar-refractivity contribution is 4.84. The zero-order valence-electron chi connectivity index (χ0n) is 6.43. The van der Waals surface area contributed by atoms with E-state index in [0.29, 0.717) is 13.0 Å². The van der Waals surface area contributed by atoms with Gasteiger partial charge in [-0.05, 0) is 12.8 Å². The lowest BCUT2D eigenvalue weighted by Gasteiger charge is -2.29. The molecule has 0 radical (unpaired) electrons. The van der Waals surface area contributed by atoms with Crippen molar-refractivity contribution in [2.24, 2.45) is 5.92 Å². The molecule has 1 heterocycles. The lowest BCUT2D eigenvalue weighted by Crippen LogP contribution is -2.39. The normalized spacial score (nSPS) is 25.2. The van der Waals surface area contributed by atoms with E-state index in [0.717, 1.165) is 0 Å². The summed E-state index contributed by atoms with van der Waals surface area (Å²) in [5.74, 6) is -1.31. The first-order chi connectivity index (χ1) is 5.54. The maximum Gasteiger partial charge on any atom is 0.393 e. The summed E-state index contributed by atoms with van der Waals surface area (Å²) in [7, 11) is 0. The fourth-order valence-corrected chi connectivity index (χ4v) is 1.34. The summed E-state index contributed by atoms with van der Waals surface area (Å²) in [5.41, 5.74) is 0. The molecule has 0 bridgehead atoms. The van der Waals surface area contributed by atoms with Gasteiger partial charge in [-0.1, -0.05) is 0 Å². The molecule has 1 aliphatic rings. The first kappa shape index (κ1) is 9.17. The van der Waals surface area contributed by atoms with E-state index in [1.54, 1.807) is 6.19 Å². The van der Waals surface area contributed by atoms with Gasteiger partial charge in [0, 0.05) is 13.1 Å². The molecule has 2 nitrogen and oxygen atoms in total. The largest absolute Gasteiger partial charge is 0.393 e. The molecule has 1 rings (SSSR count). The van der Waals surface area contributed by atoms with Crippen LogP contribution in [-0.2, 0) is 0 Å². The summed E-state index contributed by atoms with van der Waals surface area (Å²) in [6.45, 7) is 0.295. The Morgan fingerprint density at radius 3 is 2.58 bits per heavy atom. The Kier molecular flexibility index (Phi) is 2.46. The average Bonchev–Trinajstić information content (AvgIpc) is 2.03. The fraction of sp³-hybridized carbons (Fsp3) is 0.857. The van der Waals surface area contributed by atoms with Crippen molar-refractivity contribution in [1.82, 2.24) is 4.90 Å². The standard InChI is InChI=1S/C7H9F3N2/c8-7(9,10)6-2-1-3-12(4-6)5-11/h6H,1-4H2. The lowest BCUT2D eigenvalue weighted by atomic mass is 9.98. The molecule has 0 aliphatic carbocycles. The number of rotatable bonds is 0. The van der Waals surface area contributed by atoms with Crippen LogP contribution in [0, 0.1) is 17.4 Å². The molecule has 1 saturated heterocycles. The monoisotopic (exact) mass is 178 g/mol. The molecular formula is C7H9F3N2. The second kappa shape index (κ2) is 3.21. The van der Waals surface area contributed by atoms with Gasteiger partial charge in [-0.15, -0.1) is 0 Å². The highest BCUT2D eigenvalue weighted by Gasteiger charge is 2.41. The van der Waals surface area contributed by atoms with Crippen molar-refractivity contribution < 1.29 is 13.2 Å². The van der Waals surface area contributed by atoms with Gasteiger partial charge >= 0.3 is 6.18 Å². The van der Waals surface area contributed by atoms with Crippen LogP contribution in [0.5, 0.6) is 0 Å². The quantitative estimate of drug-likeness (QED) is 0.528. The van der Waals surface area contributed by atoms with Gasteiger partial charge in [0.1, 0.15) is 0 Å². The molecule has 1 fully saturated rings. The van der Waals surface area contributed by atoms with Crippen LogP contribution in [-0.4, -0.2) is 24.2 Å². The van der Waals surface area contributed by atoms with Crippen LogP contribution in [0.15, 0.2) is 0 Å². The molecule has 5 heteroatoms. The maximum absolute atomic E-state index is 12.1. The minimum atomic E-state index is -4.14. The Morgan fingerprint density at radius 2 is 2.08 bits per heavy atom. The van der Waals surface area contributed by atoms with Crippen LogP contribution in [0.3, 0.4) is 0 Å². The molecule has 0 aromatic rings. The summed E-state index contributed by atoms with van der Waals surface area (Å²) in [4.78, 5) is 1.17. The molecule has 1 atom stereocenters.